The van der Waals surface area contributed by atoms with Gasteiger partial charge in [-0.3, -0.25) is 4.79 Å². The number of hydrogen-bond donors (Lipinski definition) is 1. The molecule has 1 aromatic rings. The van der Waals surface area contributed by atoms with Gasteiger partial charge in [-0.15, -0.1) is 0 Å². The third kappa shape index (κ3) is 3.03. The normalized spacial score (nSPS) is 17.0. The molecule has 0 atom stereocenters. The van der Waals surface area contributed by atoms with Crippen LogP contribution in [-0.4, -0.2) is 12.5 Å². The zero-order valence-corrected chi connectivity index (χ0v) is 11.1. The lowest BCUT2D eigenvalue weighted by Crippen LogP contribution is -2.39. The Morgan fingerprint density at radius 2 is 2.11 bits per heavy atom. The molecular weight excluding hydrogens is 250 g/mol. The molecule has 2 rings (SSSR count). The molecule has 1 aromatic carbocycles. The minimum atomic E-state index is -0.180. The highest BCUT2D eigenvalue weighted by Crippen LogP contribution is 2.43. The van der Waals surface area contributed by atoms with Crippen molar-refractivity contribution in [2.75, 3.05) is 6.54 Å². The molecule has 18 heavy (non-hydrogen) atoms. The maximum atomic E-state index is 11.8. The van der Waals surface area contributed by atoms with Crippen molar-refractivity contribution in [2.45, 2.75) is 32.3 Å². The molecule has 0 heterocycles. The van der Waals surface area contributed by atoms with Crippen LogP contribution in [0.5, 0.6) is 0 Å². The van der Waals surface area contributed by atoms with Crippen molar-refractivity contribution in [2.24, 2.45) is 11.1 Å². The van der Waals surface area contributed by atoms with E-state index in [1.54, 1.807) is 6.07 Å². The summed E-state index contributed by atoms with van der Waals surface area (Å²) < 4.78 is 5.26. The first-order valence-electron chi connectivity index (χ1n) is 6.24. The minimum absolute atomic E-state index is 0.00241. The predicted octanol–water partition coefficient (Wildman–Crippen LogP) is 2.90. The molecule has 0 aromatic heterocycles. The lowest BCUT2D eigenvalue weighted by molar-refractivity contribution is -0.149. The number of hydrogen-bond acceptors (Lipinski definition) is 3. The molecule has 0 unspecified atom stereocenters. The van der Waals surface area contributed by atoms with E-state index in [9.17, 15) is 4.79 Å². The van der Waals surface area contributed by atoms with Crippen LogP contribution in [0.25, 0.3) is 0 Å². The average molecular weight is 268 g/mol. The Balaban J connectivity index is 1.83. The number of ether oxygens (including phenoxy) is 1. The minimum Gasteiger partial charge on any atom is -0.461 e. The quantitative estimate of drug-likeness (QED) is 0.835. The van der Waals surface area contributed by atoms with E-state index in [4.69, 9.17) is 22.1 Å². The van der Waals surface area contributed by atoms with Crippen LogP contribution in [0.3, 0.4) is 0 Å². The van der Waals surface area contributed by atoms with Crippen LogP contribution in [0, 0.1) is 5.41 Å². The van der Waals surface area contributed by atoms with E-state index in [0.717, 1.165) is 24.8 Å². The molecule has 4 heteroatoms. The van der Waals surface area contributed by atoms with Gasteiger partial charge in [0.1, 0.15) is 6.61 Å². The summed E-state index contributed by atoms with van der Waals surface area (Å²) in [6.45, 7) is 0.799. The van der Waals surface area contributed by atoms with Gasteiger partial charge in [-0.25, -0.2) is 0 Å². The largest absolute Gasteiger partial charge is 0.461 e. The van der Waals surface area contributed by atoms with Crippen molar-refractivity contribution in [3.8, 4) is 0 Å². The number of benzene rings is 1. The van der Waals surface area contributed by atoms with Crippen LogP contribution in [-0.2, 0) is 16.1 Å². The van der Waals surface area contributed by atoms with E-state index in [1.165, 1.54) is 0 Å². The number of rotatable bonds is 5. The van der Waals surface area contributed by atoms with Crippen molar-refractivity contribution >= 4 is 17.6 Å². The van der Waals surface area contributed by atoms with Crippen LogP contribution in [0.15, 0.2) is 24.3 Å². The van der Waals surface area contributed by atoms with Crippen molar-refractivity contribution < 1.29 is 9.53 Å². The average Bonchev–Trinajstić information content (AvgIpc) is 2.33. The van der Waals surface area contributed by atoms with Crippen LogP contribution >= 0.6 is 11.6 Å². The standard InChI is InChI=1S/C14H18ClNO2/c15-12-5-2-1-4-11(12)9-18-13(17)8-14(10-16)6-3-7-14/h1-2,4-5H,3,6-10,16H2. The summed E-state index contributed by atoms with van der Waals surface area (Å²) >= 11 is 6.00. The smallest absolute Gasteiger partial charge is 0.306 e. The fourth-order valence-electron chi connectivity index (χ4n) is 2.26. The molecular formula is C14H18ClNO2. The number of halogens is 1. The number of nitrogens with two attached hydrogens (primary N) is 1. The van der Waals surface area contributed by atoms with Crippen LogP contribution < -0.4 is 5.73 Å². The van der Waals surface area contributed by atoms with Crippen molar-refractivity contribution in [1.29, 1.82) is 0 Å². The lowest BCUT2D eigenvalue weighted by atomic mass is 9.67. The fraction of sp³-hybridized carbons (Fsp3) is 0.500. The molecule has 0 amide bonds. The van der Waals surface area contributed by atoms with Gasteiger partial charge in [-0.1, -0.05) is 36.2 Å². The SMILES string of the molecule is NCC1(CC(=O)OCc2ccccc2Cl)CCC1. The molecule has 1 aliphatic rings. The molecule has 1 aliphatic carbocycles. The van der Waals surface area contributed by atoms with E-state index >= 15 is 0 Å². The molecule has 0 radical (unpaired) electrons. The summed E-state index contributed by atoms with van der Waals surface area (Å²) in [6, 6.07) is 7.38. The molecule has 2 N–H and O–H groups in total. The lowest BCUT2D eigenvalue weighted by Gasteiger charge is -2.40. The Morgan fingerprint density at radius 3 is 2.67 bits per heavy atom. The van der Waals surface area contributed by atoms with Gasteiger partial charge >= 0.3 is 5.97 Å². The van der Waals surface area contributed by atoms with Crippen molar-refractivity contribution in [3.05, 3.63) is 34.9 Å². The predicted molar refractivity (Wildman–Crippen MR) is 71.2 cm³/mol. The highest BCUT2D eigenvalue weighted by molar-refractivity contribution is 6.31. The molecule has 0 bridgehead atoms. The summed E-state index contributed by atoms with van der Waals surface area (Å²) in [7, 11) is 0. The third-order valence-corrected chi connectivity index (χ3v) is 4.08. The molecule has 98 valence electrons. The second-order valence-corrected chi connectivity index (χ2v) is 5.39. The molecule has 3 nitrogen and oxygen atoms in total. The Labute approximate surface area is 112 Å². The summed E-state index contributed by atoms with van der Waals surface area (Å²) in [5.41, 5.74) is 6.55. The van der Waals surface area contributed by atoms with Gasteiger partial charge < -0.3 is 10.5 Å². The maximum absolute atomic E-state index is 11.8. The first-order valence-corrected chi connectivity index (χ1v) is 6.62. The van der Waals surface area contributed by atoms with E-state index in [2.05, 4.69) is 0 Å². The summed E-state index contributed by atoms with van der Waals surface area (Å²) in [4.78, 5) is 11.8. The number of esters is 1. The molecule has 0 spiro atoms. The van der Waals surface area contributed by atoms with Gasteiger partial charge in [0.05, 0.1) is 6.42 Å². The van der Waals surface area contributed by atoms with Crippen LogP contribution in [0.2, 0.25) is 5.02 Å². The van der Waals surface area contributed by atoms with Gasteiger partial charge in [0.25, 0.3) is 0 Å². The van der Waals surface area contributed by atoms with Crippen LogP contribution in [0.4, 0.5) is 0 Å². The molecule has 1 saturated carbocycles. The summed E-state index contributed by atoms with van der Waals surface area (Å²) in [5, 5.41) is 0.627. The topological polar surface area (TPSA) is 52.3 Å². The second kappa shape index (κ2) is 5.72. The molecule has 0 aliphatic heterocycles. The van der Waals surface area contributed by atoms with Crippen LogP contribution in [0.1, 0.15) is 31.2 Å². The summed E-state index contributed by atoms with van der Waals surface area (Å²) in [5.74, 6) is -0.180. The monoisotopic (exact) mass is 267 g/mol. The van der Waals surface area contributed by atoms with E-state index < -0.39 is 0 Å². The third-order valence-electron chi connectivity index (χ3n) is 3.71. The maximum Gasteiger partial charge on any atom is 0.306 e. The van der Waals surface area contributed by atoms with Gasteiger partial charge in [-0.2, -0.15) is 0 Å². The van der Waals surface area contributed by atoms with Crippen molar-refractivity contribution in [3.63, 3.8) is 0 Å². The second-order valence-electron chi connectivity index (χ2n) is 4.99. The molecule has 1 fully saturated rings. The first-order chi connectivity index (χ1) is 8.65. The van der Waals surface area contributed by atoms with Gasteiger partial charge in [-0.05, 0) is 30.9 Å². The zero-order valence-electron chi connectivity index (χ0n) is 10.3. The fourth-order valence-corrected chi connectivity index (χ4v) is 2.45. The Morgan fingerprint density at radius 1 is 1.39 bits per heavy atom. The number of carbonyl (C=O) groups excluding carboxylic acids is 1. The Hall–Kier alpha value is -1.06. The van der Waals surface area contributed by atoms with Gasteiger partial charge in [0.15, 0.2) is 0 Å². The van der Waals surface area contributed by atoms with E-state index in [1.807, 2.05) is 18.2 Å². The highest BCUT2D eigenvalue weighted by Gasteiger charge is 2.38. The van der Waals surface area contributed by atoms with E-state index in [0.29, 0.717) is 18.0 Å². The summed E-state index contributed by atoms with van der Waals surface area (Å²) in [6.07, 6.45) is 3.65. The molecule has 0 saturated heterocycles. The van der Waals surface area contributed by atoms with Gasteiger partial charge in [0, 0.05) is 10.6 Å². The Bertz CT molecular complexity index is 424. The van der Waals surface area contributed by atoms with Gasteiger partial charge in [0.2, 0.25) is 0 Å². The Kier molecular flexibility index (Phi) is 4.25. The number of carbonyl (C=O) groups is 1. The highest BCUT2D eigenvalue weighted by atomic mass is 35.5. The first kappa shape index (κ1) is 13.4. The zero-order chi connectivity index (χ0) is 13.0. The van der Waals surface area contributed by atoms with Crippen molar-refractivity contribution in [1.82, 2.24) is 0 Å². The van der Waals surface area contributed by atoms with E-state index in [-0.39, 0.29) is 18.0 Å².